The number of sulfonamides is 1. The first-order chi connectivity index (χ1) is 13.3. The molecule has 0 atom stereocenters. The smallest absolute Gasteiger partial charge is 0.240 e. The average Bonchev–Trinajstić information content (AvgIpc) is 3.17. The molecule has 9 heteroatoms. The van der Waals surface area contributed by atoms with E-state index >= 15 is 0 Å². The van der Waals surface area contributed by atoms with E-state index in [0.717, 1.165) is 0 Å². The predicted octanol–water partition coefficient (Wildman–Crippen LogP) is 4.25. The van der Waals surface area contributed by atoms with E-state index in [9.17, 15) is 13.2 Å². The number of halogens is 2. The lowest BCUT2D eigenvalue weighted by Crippen LogP contribution is -2.23. The molecular formula is C19H16Cl2N2O4S. The van der Waals surface area contributed by atoms with Gasteiger partial charge >= 0.3 is 0 Å². The van der Waals surface area contributed by atoms with E-state index in [-0.39, 0.29) is 23.8 Å². The van der Waals surface area contributed by atoms with Gasteiger partial charge in [0.05, 0.1) is 34.2 Å². The van der Waals surface area contributed by atoms with Gasteiger partial charge in [0.1, 0.15) is 5.76 Å². The van der Waals surface area contributed by atoms with Crippen molar-refractivity contribution < 1.29 is 17.6 Å². The lowest BCUT2D eigenvalue weighted by Gasteiger charge is -2.08. The maximum atomic E-state index is 12.3. The van der Waals surface area contributed by atoms with Crippen molar-refractivity contribution in [3.8, 4) is 0 Å². The zero-order chi connectivity index (χ0) is 20.1. The number of carbonyl (C=O) groups excluding carboxylic acids is 1. The summed E-state index contributed by atoms with van der Waals surface area (Å²) in [5.74, 6) is 0.250. The van der Waals surface area contributed by atoms with E-state index in [1.54, 1.807) is 30.3 Å². The van der Waals surface area contributed by atoms with E-state index in [4.69, 9.17) is 27.6 Å². The fourth-order valence-electron chi connectivity index (χ4n) is 2.42. The molecule has 0 radical (unpaired) electrons. The van der Waals surface area contributed by atoms with Crippen molar-refractivity contribution in [2.75, 3.05) is 5.32 Å². The van der Waals surface area contributed by atoms with Crippen LogP contribution in [0.1, 0.15) is 11.3 Å². The van der Waals surface area contributed by atoms with Gasteiger partial charge in [-0.3, -0.25) is 4.79 Å². The van der Waals surface area contributed by atoms with Gasteiger partial charge in [-0.15, -0.1) is 0 Å². The van der Waals surface area contributed by atoms with Crippen molar-refractivity contribution in [1.82, 2.24) is 4.72 Å². The van der Waals surface area contributed by atoms with Gasteiger partial charge in [-0.05, 0) is 54.1 Å². The third kappa shape index (κ3) is 5.36. The topological polar surface area (TPSA) is 88.4 Å². The predicted molar refractivity (Wildman–Crippen MR) is 108 cm³/mol. The number of rotatable bonds is 7. The molecule has 2 N–H and O–H groups in total. The van der Waals surface area contributed by atoms with Gasteiger partial charge in [-0.25, -0.2) is 13.1 Å². The molecule has 1 amide bonds. The first-order valence-corrected chi connectivity index (χ1v) is 10.4. The summed E-state index contributed by atoms with van der Waals surface area (Å²) >= 11 is 11.8. The first-order valence-electron chi connectivity index (χ1n) is 8.19. The molecule has 0 bridgehead atoms. The van der Waals surface area contributed by atoms with Gasteiger partial charge in [0.2, 0.25) is 15.9 Å². The van der Waals surface area contributed by atoms with Crippen LogP contribution in [0.25, 0.3) is 0 Å². The Hall–Kier alpha value is -2.32. The number of carbonyl (C=O) groups is 1. The Morgan fingerprint density at radius 3 is 2.39 bits per heavy atom. The van der Waals surface area contributed by atoms with Gasteiger partial charge in [0.25, 0.3) is 0 Å². The molecule has 0 fully saturated rings. The summed E-state index contributed by atoms with van der Waals surface area (Å²) in [5, 5.41) is 3.51. The second-order valence-corrected chi connectivity index (χ2v) is 8.48. The molecule has 1 heterocycles. The highest BCUT2D eigenvalue weighted by molar-refractivity contribution is 7.89. The highest BCUT2D eigenvalue weighted by Gasteiger charge is 2.14. The molecule has 28 heavy (non-hydrogen) atoms. The van der Waals surface area contributed by atoms with Crippen LogP contribution in [0.2, 0.25) is 10.0 Å². The maximum absolute atomic E-state index is 12.3. The van der Waals surface area contributed by atoms with Crippen molar-refractivity contribution in [2.24, 2.45) is 0 Å². The second-order valence-electron chi connectivity index (χ2n) is 5.90. The molecule has 3 aromatic rings. The maximum Gasteiger partial charge on any atom is 0.240 e. The van der Waals surface area contributed by atoms with Crippen LogP contribution in [0.5, 0.6) is 0 Å². The molecule has 0 aliphatic rings. The summed E-state index contributed by atoms with van der Waals surface area (Å²) in [6, 6.07) is 14.2. The summed E-state index contributed by atoms with van der Waals surface area (Å²) in [6.07, 6.45) is 1.58. The fraction of sp³-hybridized carbons (Fsp3) is 0.105. The van der Waals surface area contributed by atoms with E-state index in [1.165, 1.54) is 30.5 Å². The first kappa shape index (κ1) is 20.4. The number of benzene rings is 2. The fourth-order valence-corrected chi connectivity index (χ4v) is 3.73. The van der Waals surface area contributed by atoms with Gasteiger partial charge in [-0.2, -0.15) is 0 Å². The standard InChI is InChI=1S/C19H16Cl2N2O4S/c20-17-8-3-13(10-18(17)21)11-19(24)23-14-4-6-16(7-5-14)28(25,26)22-12-15-2-1-9-27-15/h1-10,22H,11-12H2,(H,23,24). The van der Waals surface area contributed by atoms with Gasteiger partial charge in [0, 0.05) is 5.69 Å². The lowest BCUT2D eigenvalue weighted by molar-refractivity contribution is -0.115. The third-order valence-corrected chi connectivity index (χ3v) is 5.97. The summed E-state index contributed by atoms with van der Waals surface area (Å²) in [6.45, 7) is 0.0530. The Balaban J connectivity index is 1.60. The molecule has 0 spiro atoms. The Bertz CT molecular complexity index is 1070. The summed E-state index contributed by atoms with van der Waals surface area (Å²) in [7, 11) is -3.69. The number of hydrogen-bond acceptors (Lipinski definition) is 4. The summed E-state index contributed by atoms with van der Waals surface area (Å²) in [4.78, 5) is 12.3. The molecule has 146 valence electrons. The molecule has 0 saturated heterocycles. The quantitative estimate of drug-likeness (QED) is 0.576. The number of furan rings is 1. The number of nitrogens with one attached hydrogen (secondary N) is 2. The number of amides is 1. The average molecular weight is 439 g/mol. The van der Waals surface area contributed by atoms with Crippen molar-refractivity contribution in [3.63, 3.8) is 0 Å². The van der Waals surface area contributed by atoms with Crippen molar-refractivity contribution in [2.45, 2.75) is 17.9 Å². The molecule has 0 aliphatic carbocycles. The molecule has 0 saturated carbocycles. The molecule has 3 rings (SSSR count). The van der Waals surface area contributed by atoms with Crippen LogP contribution in [-0.2, 0) is 27.8 Å². The van der Waals surface area contributed by atoms with Crippen molar-refractivity contribution in [3.05, 3.63) is 82.2 Å². The molecular weight excluding hydrogens is 423 g/mol. The lowest BCUT2D eigenvalue weighted by atomic mass is 10.1. The van der Waals surface area contributed by atoms with Crippen LogP contribution in [0.3, 0.4) is 0 Å². The highest BCUT2D eigenvalue weighted by atomic mass is 35.5. The van der Waals surface area contributed by atoms with Gasteiger partial charge in [0.15, 0.2) is 0 Å². The highest BCUT2D eigenvalue weighted by Crippen LogP contribution is 2.23. The van der Waals surface area contributed by atoms with Crippen molar-refractivity contribution >= 4 is 44.8 Å². The molecule has 0 unspecified atom stereocenters. The van der Waals surface area contributed by atoms with E-state index < -0.39 is 10.0 Å². The van der Waals surface area contributed by atoms with E-state index in [2.05, 4.69) is 10.0 Å². The van der Waals surface area contributed by atoms with Crippen LogP contribution in [0.4, 0.5) is 5.69 Å². The van der Waals surface area contributed by atoms with Crippen LogP contribution >= 0.6 is 23.2 Å². The Labute approximate surface area is 172 Å². The molecule has 1 aromatic heterocycles. The molecule has 0 aliphatic heterocycles. The van der Waals surface area contributed by atoms with Gasteiger partial charge in [-0.1, -0.05) is 29.3 Å². The number of anilines is 1. The Kier molecular flexibility index (Phi) is 6.41. The zero-order valence-electron chi connectivity index (χ0n) is 14.5. The third-order valence-electron chi connectivity index (χ3n) is 3.81. The van der Waals surface area contributed by atoms with Crippen LogP contribution in [0, 0.1) is 0 Å². The Morgan fingerprint density at radius 1 is 1.00 bits per heavy atom. The van der Waals surface area contributed by atoms with Crippen LogP contribution in [0.15, 0.2) is 70.2 Å². The zero-order valence-corrected chi connectivity index (χ0v) is 16.8. The molecule has 6 nitrogen and oxygen atoms in total. The summed E-state index contributed by atoms with van der Waals surface area (Å²) < 4.78 is 32.1. The SMILES string of the molecule is O=C(Cc1ccc(Cl)c(Cl)c1)Nc1ccc(S(=O)(=O)NCc2ccco2)cc1. The second kappa shape index (κ2) is 8.79. The number of hydrogen-bond donors (Lipinski definition) is 2. The van der Waals surface area contributed by atoms with Crippen molar-refractivity contribution in [1.29, 1.82) is 0 Å². The van der Waals surface area contributed by atoms with Gasteiger partial charge < -0.3 is 9.73 Å². The monoisotopic (exact) mass is 438 g/mol. The Morgan fingerprint density at radius 2 is 1.75 bits per heavy atom. The normalized spacial score (nSPS) is 11.4. The minimum atomic E-state index is -3.69. The largest absolute Gasteiger partial charge is 0.468 e. The van der Waals surface area contributed by atoms with Crippen LogP contribution < -0.4 is 10.0 Å². The minimum Gasteiger partial charge on any atom is -0.468 e. The summed E-state index contributed by atoms with van der Waals surface area (Å²) in [5.41, 5.74) is 1.20. The minimum absolute atomic E-state index is 0.0530. The van der Waals surface area contributed by atoms with E-state index in [1.807, 2.05) is 0 Å². The van der Waals surface area contributed by atoms with E-state index in [0.29, 0.717) is 27.1 Å². The van der Waals surface area contributed by atoms with Crippen LogP contribution in [-0.4, -0.2) is 14.3 Å². The molecule has 2 aromatic carbocycles.